The lowest BCUT2D eigenvalue weighted by molar-refractivity contribution is 0.0926. The third-order valence-corrected chi connectivity index (χ3v) is 2.92. The summed E-state index contributed by atoms with van der Waals surface area (Å²) < 4.78 is 8.96. The van der Waals surface area contributed by atoms with E-state index in [-0.39, 0.29) is 5.91 Å². The van der Waals surface area contributed by atoms with Crippen LogP contribution in [0, 0.1) is 0 Å². The van der Waals surface area contributed by atoms with Gasteiger partial charge in [-0.3, -0.25) is 4.79 Å². The first-order valence-corrected chi connectivity index (χ1v) is 6.83. The lowest BCUT2D eigenvalue weighted by Crippen LogP contribution is -2.27. The normalized spacial score (nSPS) is 10.5. The summed E-state index contributed by atoms with van der Waals surface area (Å²) in [4.78, 5) is 12.4. The first-order valence-electron chi connectivity index (χ1n) is 5.52. The van der Waals surface area contributed by atoms with E-state index in [4.69, 9.17) is 16.3 Å². The number of amides is 1. The van der Waals surface area contributed by atoms with Crippen molar-refractivity contribution in [3.05, 3.63) is 10.6 Å². The Balaban J connectivity index is 2.33. The summed E-state index contributed by atoms with van der Waals surface area (Å²) in [5.41, 5.74) is 0.775. The molecule has 0 saturated heterocycles. The highest BCUT2D eigenvalue weighted by Crippen LogP contribution is 2.11. The SMILES string of the molecule is CCCc1nnsc1C(=O)NCCOCCCl. The highest BCUT2D eigenvalue weighted by atomic mass is 35.5. The molecule has 0 atom stereocenters. The Hall–Kier alpha value is -0.720. The summed E-state index contributed by atoms with van der Waals surface area (Å²) >= 11 is 6.58. The van der Waals surface area contributed by atoms with Gasteiger partial charge in [0, 0.05) is 12.4 Å². The molecule has 7 heteroatoms. The first kappa shape index (κ1) is 14.3. The number of rotatable bonds is 8. The highest BCUT2D eigenvalue weighted by Gasteiger charge is 2.14. The van der Waals surface area contributed by atoms with Crippen molar-refractivity contribution in [2.24, 2.45) is 0 Å². The molecule has 0 bridgehead atoms. The number of ether oxygens (including phenoxy) is 1. The minimum atomic E-state index is -0.127. The van der Waals surface area contributed by atoms with Gasteiger partial charge in [0.15, 0.2) is 0 Å². The van der Waals surface area contributed by atoms with Gasteiger partial charge in [-0.25, -0.2) is 0 Å². The molecule has 5 nitrogen and oxygen atoms in total. The van der Waals surface area contributed by atoms with Gasteiger partial charge in [0.05, 0.1) is 18.9 Å². The highest BCUT2D eigenvalue weighted by molar-refractivity contribution is 7.08. The van der Waals surface area contributed by atoms with Crippen molar-refractivity contribution in [1.82, 2.24) is 14.9 Å². The second kappa shape index (κ2) is 8.38. The second-order valence-corrected chi connectivity index (χ2v) is 4.49. The molecule has 96 valence electrons. The van der Waals surface area contributed by atoms with Crippen molar-refractivity contribution in [2.45, 2.75) is 19.8 Å². The molecule has 1 aromatic heterocycles. The van der Waals surface area contributed by atoms with Gasteiger partial charge in [0.2, 0.25) is 0 Å². The molecule has 1 heterocycles. The number of carbonyl (C=O) groups excluding carboxylic acids is 1. The fraction of sp³-hybridized carbons (Fsp3) is 0.700. The van der Waals surface area contributed by atoms with Gasteiger partial charge >= 0.3 is 0 Å². The molecule has 0 aliphatic rings. The predicted octanol–water partition coefficient (Wildman–Crippen LogP) is 1.48. The van der Waals surface area contributed by atoms with Gasteiger partial charge in [-0.2, -0.15) is 0 Å². The summed E-state index contributed by atoms with van der Waals surface area (Å²) in [6.07, 6.45) is 1.73. The van der Waals surface area contributed by atoms with E-state index in [1.165, 1.54) is 0 Å². The molecule has 1 rings (SSSR count). The molecule has 0 spiro atoms. The van der Waals surface area contributed by atoms with E-state index in [0.717, 1.165) is 30.1 Å². The van der Waals surface area contributed by atoms with Gasteiger partial charge in [0.1, 0.15) is 4.88 Å². The first-order chi connectivity index (χ1) is 8.29. The van der Waals surface area contributed by atoms with Crippen molar-refractivity contribution < 1.29 is 9.53 Å². The van der Waals surface area contributed by atoms with Crippen LogP contribution < -0.4 is 5.32 Å². The van der Waals surface area contributed by atoms with Crippen LogP contribution >= 0.6 is 23.1 Å². The number of nitrogens with one attached hydrogen (secondary N) is 1. The third kappa shape index (κ3) is 4.97. The number of aromatic nitrogens is 2. The monoisotopic (exact) mass is 277 g/mol. The number of carbonyl (C=O) groups is 1. The third-order valence-electron chi connectivity index (χ3n) is 2.00. The Kier molecular flexibility index (Phi) is 7.07. The van der Waals surface area contributed by atoms with Crippen LogP contribution in [0.4, 0.5) is 0 Å². The van der Waals surface area contributed by atoms with Gasteiger partial charge < -0.3 is 10.1 Å². The molecule has 1 amide bonds. The van der Waals surface area contributed by atoms with Gasteiger partial charge in [-0.15, -0.1) is 16.7 Å². The maximum atomic E-state index is 11.8. The Labute approximate surface area is 110 Å². The number of hydrogen-bond donors (Lipinski definition) is 1. The molecular formula is C10H16ClN3O2S. The quantitative estimate of drug-likeness (QED) is 0.577. The molecule has 0 saturated carbocycles. The number of hydrogen-bond acceptors (Lipinski definition) is 5. The topological polar surface area (TPSA) is 64.1 Å². The minimum Gasteiger partial charge on any atom is -0.378 e. The summed E-state index contributed by atoms with van der Waals surface area (Å²) in [5.74, 6) is 0.339. The van der Waals surface area contributed by atoms with Gasteiger partial charge in [-0.05, 0) is 18.0 Å². The minimum absolute atomic E-state index is 0.127. The Bertz CT molecular complexity index is 346. The number of halogens is 1. The van der Waals surface area contributed by atoms with Crippen LogP contribution in [0.3, 0.4) is 0 Å². The van der Waals surface area contributed by atoms with Crippen molar-refractivity contribution in [3.63, 3.8) is 0 Å². The maximum Gasteiger partial charge on any atom is 0.265 e. The van der Waals surface area contributed by atoms with Crippen LogP contribution in [0.15, 0.2) is 0 Å². The van der Waals surface area contributed by atoms with E-state index >= 15 is 0 Å². The van der Waals surface area contributed by atoms with Crippen molar-refractivity contribution >= 4 is 29.0 Å². The average molecular weight is 278 g/mol. The zero-order chi connectivity index (χ0) is 12.5. The molecule has 0 aromatic carbocycles. The Morgan fingerprint density at radius 1 is 1.53 bits per heavy atom. The van der Waals surface area contributed by atoms with Crippen LogP contribution in [0.2, 0.25) is 0 Å². The Morgan fingerprint density at radius 2 is 2.35 bits per heavy atom. The molecular weight excluding hydrogens is 262 g/mol. The van der Waals surface area contributed by atoms with E-state index < -0.39 is 0 Å². The predicted molar refractivity (Wildman–Crippen MR) is 67.8 cm³/mol. The summed E-state index contributed by atoms with van der Waals surface area (Å²) in [6, 6.07) is 0. The van der Waals surface area contributed by atoms with Crippen LogP contribution in [0.25, 0.3) is 0 Å². The molecule has 17 heavy (non-hydrogen) atoms. The van der Waals surface area contributed by atoms with Gasteiger partial charge in [0.25, 0.3) is 5.91 Å². The molecule has 0 unspecified atom stereocenters. The van der Waals surface area contributed by atoms with E-state index in [0.29, 0.717) is 30.5 Å². The van der Waals surface area contributed by atoms with E-state index in [1.54, 1.807) is 0 Å². The van der Waals surface area contributed by atoms with Crippen molar-refractivity contribution in [3.8, 4) is 0 Å². The largest absolute Gasteiger partial charge is 0.378 e. The van der Waals surface area contributed by atoms with Crippen molar-refractivity contribution in [1.29, 1.82) is 0 Å². The number of alkyl halides is 1. The summed E-state index contributed by atoms with van der Waals surface area (Å²) in [7, 11) is 0. The van der Waals surface area contributed by atoms with Crippen LogP contribution in [0.5, 0.6) is 0 Å². The molecule has 0 radical (unpaired) electrons. The van der Waals surface area contributed by atoms with Crippen molar-refractivity contribution in [2.75, 3.05) is 25.6 Å². The molecule has 1 aromatic rings. The van der Waals surface area contributed by atoms with Crippen LogP contribution in [-0.2, 0) is 11.2 Å². The van der Waals surface area contributed by atoms with Crippen LogP contribution in [0.1, 0.15) is 28.7 Å². The summed E-state index contributed by atoms with van der Waals surface area (Å²) in [6.45, 7) is 3.48. The van der Waals surface area contributed by atoms with E-state index in [1.807, 2.05) is 6.92 Å². The zero-order valence-electron chi connectivity index (χ0n) is 9.74. The molecule has 0 aliphatic carbocycles. The van der Waals surface area contributed by atoms with Crippen LogP contribution in [-0.4, -0.2) is 41.1 Å². The summed E-state index contributed by atoms with van der Waals surface area (Å²) in [5, 5.41) is 6.71. The number of nitrogens with zero attached hydrogens (tertiary/aromatic N) is 2. The van der Waals surface area contributed by atoms with Gasteiger partial charge in [-0.1, -0.05) is 17.8 Å². The smallest absolute Gasteiger partial charge is 0.265 e. The molecule has 0 fully saturated rings. The van der Waals surface area contributed by atoms with E-state index in [2.05, 4.69) is 14.9 Å². The molecule has 0 aliphatic heterocycles. The molecule has 1 N–H and O–H groups in total. The second-order valence-electron chi connectivity index (χ2n) is 3.36. The Morgan fingerprint density at radius 3 is 3.06 bits per heavy atom. The number of aryl methyl sites for hydroxylation is 1. The average Bonchev–Trinajstić information content (AvgIpc) is 2.77. The fourth-order valence-corrected chi connectivity index (χ4v) is 1.99. The zero-order valence-corrected chi connectivity index (χ0v) is 11.3. The lowest BCUT2D eigenvalue weighted by Gasteiger charge is -2.04. The fourth-order valence-electron chi connectivity index (χ4n) is 1.26. The van der Waals surface area contributed by atoms with E-state index in [9.17, 15) is 4.79 Å². The maximum absolute atomic E-state index is 11.8. The standard InChI is InChI=1S/C10H16ClN3O2S/c1-2-3-8-9(17-14-13-8)10(15)12-5-7-16-6-4-11/h2-7H2,1H3,(H,12,15). The lowest BCUT2D eigenvalue weighted by atomic mass is 10.2.